The molecule has 6 heteroatoms. The Hall–Kier alpha value is -2.89. The number of hydrogen-bond acceptors (Lipinski definition) is 5. The molecule has 3 aromatic rings. The fraction of sp³-hybridized carbons (Fsp3) is 0.278. The van der Waals surface area contributed by atoms with Crippen molar-refractivity contribution in [3.05, 3.63) is 65.5 Å². The Morgan fingerprint density at radius 3 is 1.75 bits per heavy atom. The zero-order chi connectivity index (χ0) is 16.9. The Morgan fingerprint density at radius 1 is 0.875 bits per heavy atom. The van der Waals surface area contributed by atoms with E-state index < -0.39 is 0 Å². The summed E-state index contributed by atoms with van der Waals surface area (Å²) in [6.07, 6.45) is 0.673. The predicted molar refractivity (Wildman–Crippen MR) is 90.3 cm³/mol. The number of ether oxygens (including phenoxy) is 2. The average molecular weight is 324 g/mol. The number of methoxy groups -OCH3 is 2. The van der Waals surface area contributed by atoms with Gasteiger partial charge in [0.2, 0.25) is 0 Å². The fourth-order valence-electron chi connectivity index (χ4n) is 2.69. The highest BCUT2D eigenvalue weighted by Gasteiger charge is 2.18. The molecule has 0 bridgehead atoms. The highest BCUT2D eigenvalue weighted by atomic mass is 16.5. The summed E-state index contributed by atoms with van der Waals surface area (Å²) in [5, 5.41) is 12.4. The molecule has 6 nitrogen and oxygen atoms in total. The Bertz CT molecular complexity index is 734. The molecule has 0 fully saturated rings. The van der Waals surface area contributed by atoms with E-state index in [-0.39, 0.29) is 5.92 Å². The minimum Gasteiger partial charge on any atom is -0.497 e. The van der Waals surface area contributed by atoms with Gasteiger partial charge in [-0.05, 0) is 40.6 Å². The first-order valence-electron chi connectivity index (χ1n) is 7.70. The van der Waals surface area contributed by atoms with Gasteiger partial charge in [-0.3, -0.25) is 0 Å². The molecule has 1 heterocycles. The lowest BCUT2D eigenvalue weighted by atomic mass is 9.88. The van der Waals surface area contributed by atoms with E-state index in [2.05, 4.69) is 39.7 Å². The molecule has 0 aliphatic carbocycles. The van der Waals surface area contributed by atoms with Gasteiger partial charge in [0, 0.05) is 12.3 Å². The second-order valence-corrected chi connectivity index (χ2v) is 5.50. The summed E-state index contributed by atoms with van der Waals surface area (Å²) < 4.78 is 10.5. The van der Waals surface area contributed by atoms with E-state index in [1.54, 1.807) is 21.3 Å². The maximum absolute atomic E-state index is 5.25. The Balaban J connectivity index is 1.94. The van der Waals surface area contributed by atoms with Crippen molar-refractivity contribution in [1.82, 2.24) is 20.2 Å². The molecule has 124 valence electrons. The minimum absolute atomic E-state index is 0.131. The highest BCUT2D eigenvalue weighted by Crippen LogP contribution is 2.30. The van der Waals surface area contributed by atoms with Gasteiger partial charge >= 0.3 is 0 Å². The van der Waals surface area contributed by atoms with Crippen LogP contribution >= 0.6 is 0 Å². The van der Waals surface area contributed by atoms with Gasteiger partial charge < -0.3 is 9.47 Å². The quantitative estimate of drug-likeness (QED) is 0.697. The maximum Gasteiger partial charge on any atom is 0.175 e. The third kappa shape index (κ3) is 3.53. The van der Waals surface area contributed by atoms with Crippen LogP contribution in [-0.4, -0.2) is 34.4 Å². The Morgan fingerprint density at radius 2 is 1.38 bits per heavy atom. The molecular formula is C18H20N4O2. The summed E-state index contributed by atoms with van der Waals surface area (Å²) in [6, 6.07) is 16.2. The first kappa shape index (κ1) is 16.0. The number of nitrogens with zero attached hydrogens (tertiary/aromatic N) is 4. The smallest absolute Gasteiger partial charge is 0.175 e. The Labute approximate surface area is 141 Å². The molecule has 0 atom stereocenters. The summed E-state index contributed by atoms with van der Waals surface area (Å²) in [5.41, 5.74) is 2.35. The third-order valence-electron chi connectivity index (χ3n) is 3.97. The fourth-order valence-corrected chi connectivity index (χ4v) is 2.69. The van der Waals surface area contributed by atoms with Crippen LogP contribution in [0.15, 0.2) is 48.5 Å². The zero-order valence-corrected chi connectivity index (χ0v) is 14.0. The van der Waals surface area contributed by atoms with Gasteiger partial charge in [-0.1, -0.05) is 24.3 Å². The highest BCUT2D eigenvalue weighted by molar-refractivity contribution is 5.38. The largest absolute Gasteiger partial charge is 0.497 e. The number of hydrogen-bond donors (Lipinski definition) is 0. The molecule has 0 radical (unpaired) electrons. The molecule has 0 saturated carbocycles. The van der Waals surface area contributed by atoms with Crippen molar-refractivity contribution >= 4 is 0 Å². The van der Waals surface area contributed by atoms with Gasteiger partial charge in [0.15, 0.2) is 5.82 Å². The first-order chi connectivity index (χ1) is 11.7. The van der Waals surface area contributed by atoms with Crippen LogP contribution in [0.3, 0.4) is 0 Å². The second kappa shape index (κ2) is 7.12. The molecule has 0 saturated heterocycles. The van der Waals surface area contributed by atoms with E-state index in [4.69, 9.17) is 9.47 Å². The third-order valence-corrected chi connectivity index (χ3v) is 3.97. The minimum atomic E-state index is 0.131. The lowest BCUT2D eigenvalue weighted by molar-refractivity contribution is 0.414. The van der Waals surface area contributed by atoms with Crippen molar-refractivity contribution in [3.63, 3.8) is 0 Å². The molecule has 3 rings (SSSR count). The van der Waals surface area contributed by atoms with Crippen LogP contribution in [0.5, 0.6) is 11.5 Å². The van der Waals surface area contributed by atoms with Crippen LogP contribution in [0.1, 0.15) is 22.9 Å². The van der Waals surface area contributed by atoms with E-state index in [1.165, 1.54) is 15.9 Å². The maximum atomic E-state index is 5.25. The van der Waals surface area contributed by atoms with Crippen molar-refractivity contribution in [3.8, 4) is 11.5 Å². The lowest BCUT2D eigenvalue weighted by Gasteiger charge is -2.17. The summed E-state index contributed by atoms with van der Waals surface area (Å²) in [6.45, 7) is 0. The van der Waals surface area contributed by atoms with E-state index >= 15 is 0 Å². The molecule has 0 N–H and O–H groups in total. The van der Waals surface area contributed by atoms with Crippen LogP contribution in [0.4, 0.5) is 0 Å². The van der Waals surface area contributed by atoms with Gasteiger partial charge in [-0.2, -0.15) is 4.80 Å². The number of aromatic nitrogens is 4. The molecule has 0 amide bonds. The van der Waals surface area contributed by atoms with Crippen molar-refractivity contribution in [2.24, 2.45) is 7.05 Å². The van der Waals surface area contributed by atoms with Crippen molar-refractivity contribution in [2.75, 3.05) is 14.2 Å². The summed E-state index contributed by atoms with van der Waals surface area (Å²) >= 11 is 0. The molecular weight excluding hydrogens is 304 g/mol. The standard InChI is InChI=1S/C18H20N4O2/c1-22-20-18(19-21-22)12-17(13-4-8-15(23-2)9-5-13)14-6-10-16(24-3)11-7-14/h4-11,17H,12H2,1-3H3. The van der Waals surface area contributed by atoms with Crippen molar-refractivity contribution in [2.45, 2.75) is 12.3 Å². The van der Waals surface area contributed by atoms with E-state index in [0.29, 0.717) is 12.2 Å². The zero-order valence-electron chi connectivity index (χ0n) is 14.0. The van der Waals surface area contributed by atoms with Crippen molar-refractivity contribution in [1.29, 1.82) is 0 Å². The van der Waals surface area contributed by atoms with Crippen LogP contribution in [0.2, 0.25) is 0 Å². The van der Waals surface area contributed by atoms with Gasteiger partial charge in [-0.25, -0.2) is 0 Å². The Kier molecular flexibility index (Phi) is 4.74. The molecule has 0 aliphatic rings. The van der Waals surface area contributed by atoms with Crippen LogP contribution < -0.4 is 9.47 Å². The monoisotopic (exact) mass is 324 g/mol. The topological polar surface area (TPSA) is 62.1 Å². The number of benzene rings is 2. The summed E-state index contributed by atoms with van der Waals surface area (Å²) in [7, 11) is 5.10. The lowest BCUT2D eigenvalue weighted by Crippen LogP contribution is -2.07. The van der Waals surface area contributed by atoms with Crippen LogP contribution in [0.25, 0.3) is 0 Å². The summed E-state index contributed by atoms with van der Waals surface area (Å²) in [5.74, 6) is 2.52. The van der Waals surface area contributed by atoms with Gasteiger partial charge in [0.05, 0.1) is 21.3 Å². The molecule has 0 spiro atoms. The SMILES string of the molecule is COc1ccc(C(Cc2nnn(C)n2)c2ccc(OC)cc2)cc1. The summed E-state index contributed by atoms with van der Waals surface area (Å²) in [4.78, 5) is 1.48. The molecule has 0 unspecified atom stereocenters. The van der Waals surface area contributed by atoms with Crippen LogP contribution in [-0.2, 0) is 13.5 Å². The first-order valence-corrected chi connectivity index (χ1v) is 7.70. The van der Waals surface area contributed by atoms with Gasteiger partial charge in [-0.15, -0.1) is 10.2 Å². The normalized spacial score (nSPS) is 10.8. The number of aryl methyl sites for hydroxylation is 1. The number of tetrazole rings is 1. The molecule has 24 heavy (non-hydrogen) atoms. The van der Waals surface area contributed by atoms with Gasteiger partial charge in [0.1, 0.15) is 11.5 Å². The molecule has 2 aromatic carbocycles. The predicted octanol–water partition coefficient (Wildman–Crippen LogP) is 2.60. The second-order valence-electron chi connectivity index (χ2n) is 5.50. The molecule has 1 aromatic heterocycles. The average Bonchev–Trinajstić information content (AvgIpc) is 3.05. The van der Waals surface area contributed by atoms with E-state index in [0.717, 1.165) is 11.5 Å². The van der Waals surface area contributed by atoms with Gasteiger partial charge in [0.25, 0.3) is 0 Å². The van der Waals surface area contributed by atoms with E-state index in [1.807, 2.05) is 24.3 Å². The van der Waals surface area contributed by atoms with E-state index in [9.17, 15) is 0 Å². The van der Waals surface area contributed by atoms with Crippen molar-refractivity contribution < 1.29 is 9.47 Å². The van der Waals surface area contributed by atoms with Crippen LogP contribution in [0, 0.1) is 0 Å². The number of rotatable bonds is 6. The molecule has 0 aliphatic heterocycles.